The molecule has 0 radical (unpaired) electrons. The van der Waals surface area contributed by atoms with Gasteiger partial charge in [0, 0.05) is 44.9 Å². The minimum atomic E-state index is -4.63. The van der Waals surface area contributed by atoms with Crippen molar-refractivity contribution in [2.24, 2.45) is 0 Å². The fraction of sp³-hybridized carbons (Fsp3) is 0.488. The summed E-state index contributed by atoms with van der Waals surface area (Å²) in [7, 11) is 5.74. The van der Waals surface area contributed by atoms with Gasteiger partial charge in [0.2, 0.25) is 18.2 Å². The molecule has 16 heteroatoms. The minimum Gasteiger partial charge on any atom is -0.489 e. The van der Waals surface area contributed by atoms with E-state index < -0.39 is 23.8 Å². The van der Waals surface area contributed by atoms with Crippen LogP contribution in [0.1, 0.15) is 111 Å². The summed E-state index contributed by atoms with van der Waals surface area (Å²) in [6.45, 7) is 5.76. The Morgan fingerprint density at radius 3 is 2.34 bits per heavy atom. The maximum Gasteiger partial charge on any atom is 0.433 e. The normalized spacial score (nSPS) is 18.2. The van der Waals surface area contributed by atoms with Crippen LogP contribution in [0.3, 0.4) is 0 Å². The number of hydrogen-bond acceptors (Lipinski definition) is 9. The lowest BCUT2D eigenvalue weighted by atomic mass is 9.87. The molecule has 316 valence electrons. The molecular weight excluding hydrogens is 766 g/mol. The van der Waals surface area contributed by atoms with Crippen LogP contribution < -0.4 is 25.2 Å². The van der Waals surface area contributed by atoms with Gasteiger partial charge >= 0.3 is 6.18 Å². The Morgan fingerprint density at radius 2 is 1.68 bits per heavy atom. The van der Waals surface area contributed by atoms with Crippen molar-refractivity contribution in [2.75, 3.05) is 49.3 Å². The number of pyridine rings is 2. The zero-order chi connectivity index (χ0) is 42.4. The van der Waals surface area contributed by atoms with Crippen molar-refractivity contribution in [1.82, 2.24) is 24.6 Å². The first kappa shape index (κ1) is 43.1. The van der Waals surface area contributed by atoms with Crippen LogP contribution in [-0.2, 0) is 20.6 Å². The Hall–Kier alpha value is -5.51. The van der Waals surface area contributed by atoms with E-state index in [2.05, 4.69) is 33.6 Å². The Morgan fingerprint density at radius 1 is 0.966 bits per heavy atom. The first-order chi connectivity index (χ1) is 28.1. The first-order valence-electron chi connectivity index (χ1n) is 20.2. The number of hydrogen-bond donors (Lipinski definition) is 2. The average Bonchev–Trinajstić information content (AvgIpc) is 3.63. The number of fused-ring (bicyclic) bond motifs is 1. The zero-order valence-corrected chi connectivity index (χ0v) is 34.2. The largest absolute Gasteiger partial charge is 0.489 e. The molecule has 0 bridgehead atoms. The molecule has 0 spiro atoms. The molecule has 3 aromatic heterocycles. The molecule has 1 aliphatic carbocycles. The molecule has 2 N–H and O–H groups in total. The molecule has 5 heterocycles. The van der Waals surface area contributed by atoms with Crippen LogP contribution in [0.2, 0.25) is 0 Å². The number of aromatic nitrogens is 3. The molecule has 13 nitrogen and oxygen atoms in total. The molecule has 2 saturated heterocycles. The second-order valence-corrected chi connectivity index (χ2v) is 15.9. The van der Waals surface area contributed by atoms with Crippen molar-refractivity contribution in [3.05, 3.63) is 77.5 Å². The lowest BCUT2D eigenvalue weighted by Crippen LogP contribution is -2.51. The lowest BCUT2D eigenvalue weighted by molar-refractivity contribution is -0.141. The monoisotopic (exact) mass is 818 g/mol. The van der Waals surface area contributed by atoms with E-state index in [1.165, 1.54) is 25.3 Å². The highest BCUT2D eigenvalue weighted by Crippen LogP contribution is 2.41. The fourth-order valence-corrected chi connectivity index (χ4v) is 8.12. The molecule has 4 amide bonds. The summed E-state index contributed by atoms with van der Waals surface area (Å²) in [6, 6.07) is 10.6. The average molecular weight is 819 g/mol. The van der Waals surface area contributed by atoms with Crippen molar-refractivity contribution in [1.29, 1.82) is 0 Å². The number of carbonyl (C=O) groups excluding carboxylic acids is 4. The highest BCUT2D eigenvalue weighted by molar-refractivity contribution is 6.04. The third-order valence-corrected chi connectivity index (χ3v) is 11.3. The molecule has 1 saturated carbocycles. The number of amides is 4. The number of alkyl halides is 3. The molecular formula is C43H53F3N8O5. The predicted octanol–water partition coefficient (Wildman–Crippen LogP) is 7.17. The molecule has 1 aromatic carbocycles. The van der Waals surface area contributed by atoms with Gasteiger partial charge in [0.1, 0.15) is 34.5 Å². The summed E-state index contributed by atoms with van der Waals surface area (Å²) in [6.07, 6.45) is 8.35. The number of imide groups is 1. The number of para-hydroxylation sites is 1. The Labute approximate surface area is 342 Å². The molecule has 59 heavy (non-hydrogen) atoms. The summed E-state index contributed by atoms with van der Waals surface area (Å²) < 4.78 is 46.6. The van der Waals surface area contributed by atoms with Gasteiger partial charge in [-0.2, -0.15) is 13.2 Å². The van der Waals surface area contributed by atoms with Crippen molar-refractivity contribution >= 4 is 46.8 Å². The third kappa shape index (κ3) is 10.4. The quantitative estimate of drug-likeness (QED) is 0.126. The number of likely N-dealkylation sites (tertiary alicyclic amines) is 1. The van der Waals surface area contributed by atoms with E-state index in [0.29, 0.717) is 41.8 Å². The molecule has 1 unspecified atom stereocenters. The summed E-state index contributed by atoms with van der Waals surface area (Å²) in [4.78, 5) is 62.2. The Balaban J connectivity index is 0.000000201. The minimum absolute atomic E-state index is 0.174. The van der Waals surface area contributed by atoms with Crippen LogP contribution in [0.4, 0.5) is 30.2 Å². The summed E-state index contributed by atoms with van der Waals surface area (Å²) in [5.41, 5.74) is 3.43. The van der Waals surface area contributed by atoms with E-state index in [-0.39, 0.29) is 23.6 Å². The van der Waals surface area contributed by atoms with E-state index in [0.717, 1.165) is 79.9 Å². The maximum absolute atomic E-state index is 13.0. The number of piperidine rings is 2. The third-order valence-electron chi connectivity index (χ3n) is 11.3. The topological polar surface area (TPSA) is 141 Å². The van der Waals surface area contributed by atoms with Gasteiger partial charge in [-0.25, -0.2) is 9.97 Å². The number of likely N-dealkylation sites (N-methyl/N-ethyl adjacent to an activating group) is 1. The van der Waals surface area contributed by atoms with Crippen molar-refractivity contribution in [3.8, 4) is 5.75 Å². The van der Waals surface area contributed by atoms with Crippen LogP contribution >= 0.6 is 0 Å². The second-order valence-electron chi connectivity index (χ2n) is 15.9. The van der Waals surface area contributed by atoms with E-state index >= 15 is 0 Å². The smallest absolute Gasteiger partial charge is 0.433 e. The highest BCUT2D eigenvalue weighted by atomic mass is 19.4. The molecule has 3 aliphatic rings. The number of ether oxygens (including phenoxy) is 1. The highest BCUT2D eigenvalue weighted by Gasteiger charge is 2.34. The van der Waals surface area contributed by atoms with Gasteiger partial charge in [-0.05, 0) is 95.8 Å². The van der Waals surface area contributed by atoms with Gasteiger partial charge in [0.05, 0.1) is 23.2 Å². The van der Waals surface area contributed by atoms with Crippen LogP contribution in [-0.4, -0.2) is 89.8 Å². The molecule has 4 aromatic rings. The summed E-state index contributed by atoms with van der Waals surface area (Å²) in [5, 5.41) is 5.07. The first-order valence-corrected chi connectivity index (χ1v) is 20.2. The van der Waals surface area contributed by atoms with E-state index in [4.69, 9.17) is 9.72 Å². The summed E-state index contributed by atoms with van der Waals surface area (Å²) in [5.74, 6) is -0.0717. The van der Waals surface area contributed by atoms with Gasteiger partial charge in [0.15, 0.2) is 0 Å². The number of nitrogens with one attached hydrogen (secondary N) is 2. The Bertz CT molecular complexity index is 2140. The number of rotatable bonds is 10. The summed E-state index contributed by atoms with van der Waals surface area (Å²) >= 11 is 0. The number of halogens is 3. The fourth-order valence-electron chi connectivity index (χ4n) is 8.12. The van der Waals surface area contributed by atoms with Crippen molar-refractivity contribution < 1.29 is 37.1 Å². The van der Waals surface area contributed by atoms with Crippen molar-refractivity contribution in [2.45, 2.75) is 102 Å². The molecule has 2 aliphatic heterocycles. The van der Waals surface area contributed by atoms with E-state index in [1.54, 1.807) is 24.2 Å². The maximum atomic E-state index is 13.0. The predicted molar refractivity (Wildman–Crippen MR) is 219 cm³/mol. The zero-order valence-electron chi connectivity index (χ0n) is 34.2. The number of anilines is 3. The number of nitrogens with zero attached hydrogens (tertiary/aromatic N) is 6. The van der Waals surface area contributed by atoms with Crippen LogP contribution in [0.25, 0.3) is 5.65 Å². The Kier molecular flexibility index (Phi) is 13.6. The van der Waals surface area contributed by atoms with E-state index in [1.807, 2.05) is 48.5 Å². The van der Waals surface area contributed by atoms with Crippen molar-refractivity contribution in [3.63, 3.8) is 0 Å². The number of imidazole rings is 1. The second kappa shape index (κ2) is 18.6. The van der Waals surface area contributed by atoms with Crippen LogP contribution in [0.15, 0.2) is 54.9 Å². The standard InChI is InChI=1S/C23H25F3N4O2.C20H28N4O3/c1-14(2)32-19-11-21-28-17(15-7-4-3-5-8-15)12-30(21)13-18(19)29-22(31)16-9-6-10-20(27-16)23(24,25)26;1-22-11-9-14(10-12-22)15-5-4-6-16(19(15)23(2)13-25)24(3)17-7-8-18(26)21-20(17)27/h6,9-15H,3-5,7-8H2,1-2H3,(H,29,31);4-6,13-14,17H,7-12H2,1-3H3,(H,21,26,27). The lowest BCUT2D eigenvalue weighted by Gasteiger charge is -2.36. The SMILES string of the molecule is CC(C)Oc1cc2nc(C3CCCCC3)cn2cc1NC(=O)c1cccc(C(F)(F)F)n1.CN1CCC(c2cccc(N(C)C3CCC(=O)NC3=O)c2N(C)C=O)CC1. The number of benzene rings is 1. The van der Waals surface area contributed by atoms with Gasteiger partial charge in [-0.1, -0.05) is 37.5 Å². The van der Waals surface area contributed by atoms with E-state index in [9.17, 15) is 32.3 Å². The van der Waals surface area contributed by atoms with Crippen LogP contribution in [0.5, 0.6) is 5.75 Å². The molecule has 7 rings (SSSR count). The molecule has 1 atom stereocenters. The van der Waals surface area contributed by atoms with Gasteiger partial charge in [-0.15, -0.1) is 0 Å². The number of carbonyl (C=O) groups is 4. The van der Waals surface area contributed by atoms with Gasteiger partial charge in [-0.3, -0.25) is 24.5 Å². The van der Waals surface area contributed by atoms with Crippen LogP contribution in [0, 0.1) is 0 Å². The van der Waals surface area contributed by atoms with Gasteiger partial charge in [0.25, 0.3) is 5.91 Å². The van der Waals surface area contributed by atoms with Gasteiger partial charge < -0.3 is 29.2 Å². The molecule has 3 fully saturated rings.